The maximum atomic E-state index is 13.2. The molecular weight excluding hydrogens is 388 g/mol. The van der Waals surface area contributed by atoms with Gasteiger partial charge in [-0.2, -0.15) is 5.10 Å². The van der Waals surface area contributed by atoms with E-state index in [0.717, 1.165) is 46.6 Å². The van der Waals surface area contributed by atoms with E-state index in [1.54, 1.807) is 0 Å². The van der Waals surface area contributed by atoms with Crippen molar-refractivity contribution in [2.75, 3.05) is 6.54 Å². The molecule has 0 bridgehead atoms. The topological polar surface area (TPSA) is 77.1 Å². The predicted octanol–water partition coefficient (Wildman–Crippen LogP) is 3.99. The van der Waals surface area contributed by atoms with Crippen LogP contribution in [-0.2, 0) is 12.0 Å². The lowest BCUT2D eigenvalue weighted by Crippen LogP contribution is -2.27. The Balaban J connectivity index is 1.42. The van der Waals surface area contributed by atoms with E-state index < -0.39 is 0 Å². The van der Waals surface area contributed by atoms with Crippen LogP contribution in [-0.4, -0.2) is 36.6 Å². The number of hydrogen-bond donors (Lipinski definition) is 1. The maximum Gasteiger partial charge on any atom is 0.252 e. The first-order chi connectivity index (χ1) is 14.8. The lowest BCUT2D eigenvalue weighted by atomic mass is 10.1. The third kappa shape index (κ3) is 3.69. The molecule has 1 aliphatic carbocycles. The fourth-order valence-corrected chi connectivity index (χ4v) is 4.05. The molecule has 4 aromatic rings. The van der Waals surface area contributed by atoms with Crippen LogP contribution in [0.1, 0.15) is 67.0 Å². The molecule has 31 heavy (non-hydrogen) atoms. The lowest BCUT2D eigenvalue weighted by molar-refractivity contribution is 0.0955. The van der Waals surface area contributed by atoms with Gasteiger partial charge in [-0.25, -0.2) is 14.6 Å². The summed E-state index contributed by atoms with van der Waals surface area (Å²) in [6, 6.07) is 7.90. The predicted molar refractivity (Wildman–Crippen MR) is 120 cm³/mol. The second-order valence-electron chi connectivity index (χ2n) is 9.44. The Kier molecular flexibility index (Phi) is 4.57. The first-order valence-corrected chi connectivity index (χ1v) is 10.9. The third-order valence-electron chi connectivity index (χ3n) is 5.79. The van der Waals surface area contributed by atoms with Gasteiger partial charge in [0.1, 0.15) is 5.65 Å². The SMILES string of the molecule is Cc1nn(C(C)(C)C)c2nc(C3CC3)cc(C(=O)NCCc3cn4ccccc4n3)c12. The van der Waals surface area contributed by atoms with Gasteiger partial charge in [-0.3, -0.25) is 4.79 Å². The van der Waals surface area contributed by atoms with Crippen molar-refractivity contribution >= 4 is 22.6 Å². The van der Waals surface area contributed by atoms with Gasteiger partial charge in [0.15, 0.2) is 5.65 Å². The lowest BCUT2D eigenvalue weighted by Gasteiger charge is -2.20. The molecule has 1 fully saturated rings. The summed E-state index contributed by atoms with van der Waals surface area (Å²) in [5, 5.41) is 8.68. The summed E-state index contributed by atoms with van der Waals surface area (Å²) in [6.45, 7) is 8.81. The fourth-order valence-electron chi connectivity index (χ4n) is 4.05. The van der Waals surface area contributed by atoms with E-state index in [-0.39, 0.29) is 11.4 Å². The van der Waals surface area contributed by atoms with Gasteiger partial charge in [-0.1, -0.05) is 6.07 Å². The van der Waals surface area contributed by atoms with Crippen LogP contribution in [0.15, 0.2) is 36.7 Å². The van der Waals surface area contributed by atoms with E-state index in [1.165, 1.54) is 0 Å². The molecule has 4 aromatic heterocycles. The van der Waals surface area contributed by atoms with Crippen LogP contribution < -0.4 is 5.32 Å². The van der Waals surface area contributed by atoms with Crippen LogP contribution in [0.5, 0.6) is 0 Å². The molecule has 0 aromatic carbocycles. The number of imidazole rings is 1. The van der Waals surface area contributed by atoms with Crippen LogP contribution in [0.25, 0.3) is 16.7 Å². The van der Waals surface area contributed by atoms with E-state index >= 15 is 0 Å². The highest BCUT2D eigenvalue weighted by Crippen LogP contribution is 2.41. The molecule has 160 valence electrons. The summed E-state index contributed by atoms with van der Waals surface area (Å²) in [7, 11) is 0. The quantitative estimate of drug-likeness (QED) is 0.534. The van der Waals surface area contributed by atoms with Crippen LogP contribution in [0.2, 0.25) is 0 Å². The van der Waals surface area contributed by atoms with Gasteiger partial charge in [0.25, 0.3) is 5.91 Å². The number of nitrogens with zero attached hydrogens (tertiary/aromatic N) is 5. The molecule has 1 saturated carbocycles. The molecule has 0 spiro atoms. The second-order valence-corrected chi connectivity index (χ2v) is 9.44. The first kappa shape index (κ1) is 19.7. The molecule has 0 aliphatic heterocycles. The van der Waals surface area contributed by atoms with E-state index in [2.05, 4.69) is 31.1 Å². The average molecular weight is 417 g/mol. The number of aromatic nitrogens is 5. The Morgan fingerprint density at radius 3 is 2.74 bits per heavy atom. The number of carbonyl (C=O) groups excluding carboxylic acids is 1. The number of rotatable bonds is 5. The summed E-state index contributed by atoms with van der Waals surface area (Å²) in [5.74, 6) is 0.382. The summed E-state index contributed by atoms with van der Waals surface area (Å²) in [5.41, 5.74) is 4.99. The van der Waals surface area contributed by atoms with Crippen molar-refractivity contribution in [1.29, 1.82) is 0 Å². The van der Waals surface area contributed by atoms with E-state index in [4.69, 9.17) is 10.1 Å². The van der Waals surface area contributed by atoms with Crippen LogP contribution in [0.4, 0.5) is 0 Å². The zero-order valence-electron chi connectivity index (χ0n) is 18.5. The molecule has 0 radical (unpaired) electrons. The molecule has 1 aliphatic rings. The van der Waals surface area contributed by atoms with Gasteiger partial charge in [0.05, 0.1) is 27.9 Å². The Labute approximate surface area is 181 Å². The highest BCUT2D eigenvalue weighted by atomic mass is 16.1. The molecule has 4 heterocycles. The number of hydrogen-bond acceptors (Lipinski definition) is 4. The van der Waals surface area contributed by atoms with Gasteiger partial charge in [-0.05, 0) is 58.7 Å². The number of fused-ring (bicyclic) bond motifs is 2. The molecule has 0 atom stereocenters. The molecule has 7 heteroatoms. The highest BCUT2D eigenvalue weighted by molar-refractivity contribution is 6.06. The largest absolute Gasteiger partial charge is 0.352 e. The Morgan fingerprint density at radius 2 is 2.03 bits per heavy atom. The number of amides is 1. The monoisotopic (exact) mass is 416 g/mol. The van der Waals surface area contributed by atoms with Crippen molar-refractivity contribution in [2.24, 2.45) is 0 Å². The average Bonchev–Trinajstić information content (AvgIpc) is 3.40. The van der Waals surface area contributed by atoms with E-state index in [9.17, 15) is 4.79 Å². The smallest absolute Gasteiger partial charge is 0.252 e. The summed E-state index contributed by atoms with van der Waals surface area (Å²) < 4.78 is 3.95. The first-order valence-electron chi connectivity index (χ1n) is 10.9. The van der Waals surface area contributed by atoms with Gasteiger partial charge >= 0.3 is 0 Å². The van der Waals surface area contributed by atoms with Crippen molar-refractivity contribution in [3.05, 3.63) is 59.3 Å². The van der Waals surface area contributed by atoms with Crippen molar-refractivity contribution in [3.8, 4) is 0 Å². The highest BCUT2D eigenvalue weighted by Gasteiger charge is 2.30. The molecule has 7 nitrogen and oxygen atoms in total. The third-order valence-corrected chi connectivity index (χ3v) is 5.79. The number of nitrogens with one attached hydrogen (secondary N) is 1. The molecule has 1 N–H and O–H groups in total. The minimum atomic E-state index is -0.210. The normalized spacial score (nSPS) is 14.5. The summed E-state index contributed by atoms with van der Waals surface area (Å²) >= 11 is 0. The minimum absolute atomic E-state index is 0.0744. The molecule has 1 amide bonds. The summed E-state index contributed by atoms with van der Waals surface area (Å²) in [6.07, 6.45) is 6.94. The molecule has 5 rings (SSSR count). The van der Waals surface area contributed by atoms with Crippen LogP contribution >= 0.6 is 0 Å². The molecule has 0 unspecified atom stereocenters. The van der Waals surface area contributed by atoms with Crippen LogP contribution in [0.3, 0.4) is 0 Å². The number of carbonyl (C=O) groups is 1. The van der Waals surface area contributed by atoms with Crippen molar-refractivity contribution in [2.45, 2.75) is 58.4 Å². The van der Waals surface area contributed by atoms with E-state index in [1.807, 2.05) is 52.7 Å². The number of pyridine rings is 2. The summed E-state index contributed by atoms with van der Waals surface area (Å²) in [4.78, 5) is 22.8. The Bertz CT molecular complexity index is 1260. The second kappa shape index (κ2) is 7.18. The zero-order valence-corrected chi connectivity index (χ0v) is 18.5. The number of aryl methyl sites for hydroxylation is 1. The fraction of sp³-hybridized carbons (Fsp3) is 0.417. The van der Waals surface area contributed by atoms with Crippen molar-refractivity contribution < 1.29 is 4.79 Å². The Morgan fingerprint density at radius 1 is 1.23 bits per heavy atom. The van der Waals surface area contributed by atoms with Crippen LogP contribution in [0, 0.1) is 6.92 Å². The molecule has 0 saturated heterocycles. The van der Waals surface area contributed by atoms with Crippen molar-refractivity contribution in [1.82, 2.24) is 29.5 Å². The Hall–Kier alpha value is -3.22. The van der Waals surface area contributed by atoms with Crippen molar-refractivity contribution in [3.63, 3.8) is 0 Å². The zero-order chi connectivity index (χ0) is 21.8. The van der Waals surface area contributed by atoms with Gasteiger partial charge < -0.3 is 9.72 Å². The maximum absolute atomic E-state index is 13.2. The standard InChI is InChI=1S/C24H28N6O/c1-15-21-18(13-19(16-8-9-16)27-22(21)30(28-15)24(2,3)4)23(31)25-11-10-17-14-29-12-6-5-7-20(29)26-17/h5-7,12-14,16H,8-11H2,1-4H3,(H,25,31). The van der Waals surface area contributed by atoms with Gasteiger partial charge in [0, 0.05) is 37.0 Å². The molecular formula is C24H28N6O. The minimum Gasteiger partial charge on any atom is -0.352 e. The van der Waals surface area contributed by atoms with E-state index in [0.29, 0.717) is 24.4 Å². The van der Waals surface area contributed by atoms with Gasteiger partial charge in [0.2, 0.25) is 0 Å². The van der Waals surface area contributed by atoms with Gasteiger partial charge in [-0.15, -0.1) is 0 Å².